The van der Waals surface area contributed by atoms with Crippen molar-refractivity contribution in [2.75, 3.05) is 52.4 Å². The smallest absolute Gasteiger partial charge is 0.236 e. The molecule has 0 bridgehead atoms. The highest BCUT2D eigenvalue weighted by atomic mass is 16.3. The molecule has 0 saturated carbocycles. The zero-order valence-electron chi connectivity index (χ0n) is 12.6. The summed E-state index contributed by atoms with van der Waals surface area (Å²) in [6.45, 7) is 12.2. The van der Waals surface area contributed by atoms with Crippen molar-refractivity contribution < 1.29 is 9.90 Å². The van der Waals surface area contributed by atoms with E-state index in [1.165, 1.54) is 0 Å². The quantitative estimate of drug-likeness (QED) is 0.721. The molecule has 112 valence electrons. The van der Waals surface area contributed by atoms with Crippen LogP contribution in [0.15, 0.2) is 0 Å². The molecule has 0 spiro atoms. The molecule has 0 radical (unpaired) electrons. The molecule has 19 heavy (non-hydrogen) atoms. The van der Waals surface area contributed by atoms with Crippen LogP contribution in [0.5, 0.6) is 0 Å². The third-order valence-corrected chi connectivity index (χ3v) is 4.08. The minimum atomic E-state index is 0.229. The molecule has 1 fully saturated rings. The van der Waals surface area contributed by atoms with Crippen LogP contribution in [0.4, 0.5) is 0 Å². The molecule has 1 saturated heterocycles. The van der Waals surface area contributed by atoms with Crippen molar-refractivity contribution >= 4 is 5.91 Å². The Bertz CT molecular complexity index is 257. The average molecular weight is 271 g/mol. The maximum atomic E-state index is 12.0. The van der Waals surface area contributed by atoms with Crippen LogP contribution in [0.2, 0.25) is 0 Å². The number of likely N-dealkylation sites (N-methyl/N-ethyl adjacent to an activating group) is 1. The van der Waals surface area contributed by atoms with E-state index < -0.39 is 0 Å². The molecule has 5 heteroatoms. The van der Waals surface area contributed by atoms with Gasteiger partial charge in [-0.3, -0.25) is 14.6 Å². The average Bonchev–Trinajstić information content (AvgIpc) is 2.43. The van der Waals surface area contributed by atoms with Gasteiger partial charge in [0, 0.05) is 45.3 Å². The van der Waals surface area contributed by atoms with Crippen LogP contribution >= 0.6 is 0 Å². The highest BCUT2D eigenvalue weighted by Gasteiger charge is 2.24. The van der Waals surface area contributed by atoms with Crippen molar-refractivity contribution in [2.24, 2.45) is 0 Å². The SMILES string of the molecule is CCC(CO)N1CCN(CC(=O)N(CC)CC)CC1. The van der Waals surface area contributed by atoms with Crippen LogP contribution in [0, 0.1) is 0 Å². The van der Waals surface area contributed by atoms with Crippen molar-refractivity contribution in [3.8, 4) is 0 Å². The minimum absolute atomic E-state index is 0.229. The lowest BCUT2D eigenvalue weighted by atomic mass is 10.1. The molecule has 1 aliphatic rings. The molecule has 1 amide bonds. The standard InChI is InChI=1S/C14H29N3O2/c1-4-13(12-18)17-9-7-15(8-10-17)11-14(19)16(5-2)6-3/h13,18H,4-12H2,1-3H3. The second-order valence-electron chi connectivity index (χ2n) is 5.12. The highest BCUT2D eigenvalue weighted by Crippen LogP contribution is 2.09. The highest BCUT2D eigenvalue weighted by molar-refractivity contribution is 5.78. The summed E-state index contributed by atoms with van der Waals surface area (Å²) in [5.41, 5.74) is 0. The largest absolute Gasteiger partial charge is 0.395 e. The summed E-state index contributed by atoms with van der Waals surface area (Å²) in [5.74, 6) is 0.229. The Morgan fingerprint density at radius 3 is 2.16 bits per heavy atom. The van der Waals surface area contributed by atoms with E-state index in [-0.39, 0.29) is 18.6 Å². The molecule has 1 rings (SSSR count). The first-order valence-corrected chi connectivity index (χ1v) is 7.51. The first-order chi connectivity index (χ1) is 9.15. The third-order valence-electron chi connectivity index (χ3n) is 4.08. The fourth-order valence-electron chi connectivity index (χ4n) is 2.66. The molecule has 1 atom stereocenters. The fraction of sp³-hybridized carbons (Fsp3) is 0.929. The Hall–Kier alpha value is -0.650. The molecule has 0 aromatic rings. The summed E-state index contributed by atoms with van der Waals surface area (Å²) in [6.07, 6.45) is 0.981. The van der Waals surface area contributed by atoms with E-state index in [1.54, 1.807) is 0 Å². The molecular formula is C14H29N3O2. The van der Waals surface area contributed by atoms with E-state index in [0.717, 1.165) is 45.7 Å². The van der Waals surface area contributed by atoms with Crippen molar-refractivity contribution in [1.82, 2.24) is 14.7 Å². The van der Waals surface area contributed by atoms with Crippen LogP contribution in [0.1, 0.15) is 27.2 Å². The summed E-state index contributed by atoms with van der Waals surface area (Å²) < 4.78 is 0. The van der Waals surface area contributed by atoms with Crippen LogP contribution in [-0.2, 0) is 4.79 Å². The first kappa shape index (κ1) is 16.4. The molecule has 0 aliphatic carbocycles. The maximum Gasteiger partial charge on any atom is 0.236 e. The molecular weight excluding hydrogens is 242 g/mol. The molecule has 1 N–H and O–H groups in total. The molecule has 5 nitrogen and oxygen atoms in total. The summed E-state index contributed by atoms with van der Waals surface area (Å²) in [5, 5.41) is 9.31. The lowest BCUT2D eigenvalue weighted by Gasteiger charge is -2.38. The van der Waals surface area contributed by atoms with Crippen LogP contribution in [0.25, 0.3) is 0 Å². The zero-order valence-corrected chi connectivity index (χ0v) is 12.6. The number of rotatable bonds is 7. The number of aliphatic hydroxyl groups excluding tert-OH is 1. The van der Waals surface area contributed by atoms with Crippen molar-refractivity contribution in [3.63, 3.8) is 0 Å². The van der Waals surface area contributed by atoms with E-state index in [2.05, 4.69) is 16.7 Å². The fourth-order valence-corrected chi connectivity index (χ4v) is 2.66. The number of piperazine rings is 1. The van der Waals surface area contributed by atoms with Gasteiger partial charge in [-0.25, -0.2) is 0 Å². The number of nitrogens with zero attached hydrogens (tertiary/aromatic N) is 3. The predicted molar refractivity (Wildman–Crippen MR) is 77.1 cm³/mol. The Morgan fingerprint density at radius 2 is 1.74 bits per heavy atom. The van der Waals surface area contributed by atoms with Crippen molar-refractivity contribution in [1.29, 1.82) is 0 Å². The summed E-state index contributed by atoms with van der Waals surface area (Å²) in [6, 6.07) is 0.278. The normalized spacial score (nSPS) is 19.4. The lowest BCUT2D eigenvalue weighted by molar-refractivity contribution is -0.132. The Labute approximate surface area is 117 Å². The van der Waals surface area contributed by atoms with Gasteiger partial charge in [-0.2, -0.15) is 0 Å². The van der Waals surface area contributed by atoms with E-state index in [1.807, 2.05) is 18.7 Å². The van der Waals surface area contributed by atoms with Gasteiger partial charge in [0.1, 0.15) is 0 Å². The van der Waals surface area contributed by atoms with E-state index in [9.17, 15) is 9.90 Å². The van der Waals surface area contributed by atoms with E-state index >= 15 is 0 Å². The summed E-state index contributed by atoms with van der Waals surface area (Å²) in [7, 11) is 0. The number of carbonyl (C=O) groups is 1. The second-order valence-corrected chi connectivity index (χ2v) is 5.12. The zero-order chi connectivity index (χ0) is 14.3. The van der Waals surface area contributed by atoms with Crippen LogP contribution in [0.3, 0.4) is 0 Å². The monoisotopic (exact) mass is 271 g/mol. The van der Waals surface area contributed by atoms with Gasteiger partial charge < -0.3 is 10.0 Å². The number of amides is 1. The predicted octanol–water partition coefficient (Wildman–Crippen LogP) is 0.243. The van der Waals surface area contributed by atoms with E-state index in [0.29, 0.717) is 6.54 Å². The summed E-state index contributed by atoms with van der Waals surface area (Å²) >= 11 is 0. The molecule has 1 heterocycles. The molecule has 0 aromatic carbocycles. The van der Waals surface area contributed by atoms with Gasteiger partial charge in [0.2, 0.25) is 5.91 Å². The Morgan fingerprint density at radius 1 is 1.16 bits per heavy atom. The van der Waals surface area contributed by atoms with Gasteiger partial charge in [-0.15, -0.1) is 0 Å². The number of hydrogen-bond acceptors (Lipinski definition) is 4. The van der Waals surface area contributed by atoms with Crippen LogP contribution < -0.4 is 0 Å². The topological polar surface area (TPSA) is 47.0 Å². The van der Waals surface area contributed by atoms with Gasteiger partial charge >= 0.3 is 0 Å². The number of carbonyl (C=O) groups excluding carboxylic acids is 1. The summed E-state index contributed by atoms with van der Waals surface area (Å²) in [4.78, 5) is 18.5. The Kier molecular flexibility index (Phi) is 7.34. The third kappa shape index (κ3) is 4.75. The van der Waals surface area contributed by atoms with Crippen LogP contribution in [-0.4, -0.2) is 84.2 Å². The molecule has 1 aliphatic heterocycles. The van der Waals surface area contributed by atoms with Gasteiger partial charge in [0.05, 0.1) is 13.2 Å². The number of aliphatic hydroxyl groups is 1. The minimum Gasteiger partial charge on any atom is -0.395 e. The van der Waals surface area contributed by atoms with Gasteiger partial charge in [0.15, 0.2) is 0 Å². The van der Waals surface area contributed by atoms with Gasteiger partial charge in [-0.05, 0) is 20.3 Å². The lowest BCUT2D eigenvalue weighted by Crippen LogP contribution is -2.53. The van der Waals surface area contributed by atoms with E-state index in [4.69, 9.17) is 0 Å². The Balaban J connectivity index is 2.36. The molecule has 1 unspecified atom stereocenters. The number of hydrogen-bond donors (Lipinski definition) is 1. The maximum absolute atomic E-state index is 12.0. The van der Waals surface area contributed by atoms with Gasteiger partial charge in [0.25, 0.3) is 0 Å². The molecule has 0 aromatic heterocycles. The first-order valence-electron chi connectivity index (χ1n) is 7.51. The van der Waals surface area contributed by atoms with Gasteiger partial charge in [-0.1, -0.05) is 6.92 Å². The van der Waals surface area contributed by atoms with Crippen molar-refractivity contribution in [2.45, 2.75) is 33.2 Å². The second kappa shape index (κ2) is 8.51. The van der Waals surface area contributed by atoms with Crippen molar-refractivity contribution in [3.05, 3.63) is 0 Å².